The molecule has 0 amide bonds. The van der Waals surface area contributed by atoms with E-state index in [1.165, 1.54) is 33.5 Å². The lowest BCUT2D eigenvalue weighted by molar-refractivity contribution is -0.452. The number of hydrogen-bond acceptors (Lipinski definition) is 9. The first-order valence-electron chi connectivity index (χ1n) is 6.95. The highest BCUT2D eigenvalue weighted by Crippen LogP contribution is 2.34. The molecule has 0 N–H and O–H groups in total. The largest absolute Gasteiger partial charge is 0.543 e. The average molecular weight is 344 g/mol. The van der Waals surface area contributed by atoms with Crippen molar-refractivity contribution in [2.24, 2.45) is 5.92 Å². The van der Waals surface area contributed by atoms with Gasteiger partial charge in [-0.05, 0) is 5.92 Å². The van der Waals surface area contributed by atoms with Crippen molar-refractivity contribution in [1.82, 2.24) is 0 Å². The summed E-state index contributed by atoms with van der Waals surface area (Å²) in [5.41, 5.74) is -0.0192. The molecule has 0 fully saturated rings. The van der Waals surface area contributed by atoms with E-state index < -0.39 is 12.1 Å². The van der Waals surface area contributed by atoms with Crippen LogP contribution in [0.1, 0.15) is 24.2 Å². The molecule has 0 spiro atoms. The molecule has 0 radical (unpaired) electrons. The van der Waals surface area contributed by atoms with Crippen molar-refractivity contribution in [2.45, 2.75) is 13.8 Å². The van der Waals surface area contributed by atoms with Crippen molar-refractivity contribution in [3.63, 3.8) is 0 Å². The minimum atomic E-state index is -1.13. The maximum absolute atomic E-state index is 12.0. The fourth-order valence-electron chi connectivity index (χ4n) is 1.57. The van der Waals surface area contributed by atoms with Gasteiger partial charge in [0.25, 0.3) is 0 Å². The Morgan fingerprint density at radius 3 is 2.04 bits per heavy atom. The van der Waals surface area contributed by atoms with Crippen molar-refractivity contribution in [2.75, 3.05) is 27.9 Å². The van der Waals surface area contributed by atoms with E-state index in [0.717, 1.165) is 0 Å². The van der Waals surface area contributed by atoms with Gasteiger partial charge in [0.2, 0.25) is 0 Å². The van der Waals surface area contributed by atoms with Gasteiger partial charge in [-0.1, -0.05) is 13.8 Å². The van der Waals surface area contributed by atoms with Gasteiger partial charge in [0, 0.05) is 12.1 Å². The third kappa shape index (κ3) is 5.51. The second-order valence-electron chi connectivity index (χ2n) is 4.88. The lowest BCUT2D eigenvalue weighted by Gasteiger charge is -2.12. The Hall–Kier alpha value is -2.68. The fraction of sp³-hybridized carbons (Fsp3) is 0.467. The van der Waals surface area contributed by atoms with E-state index in [9.17, 15) is 9.59 Å². The molecule has 134 valence electrons. The molecule has 0 atom stereocenters. The van der Waals surface area contributed by atoms with Gasteiger partial charge < -0.3 is 18.9 Å². The Labute approximate surface area is 139 Å². The summed E-state index contributed by atoms with van der Waals surface area (Å²) in [7, 11) is 4.21. The van der Waals surface area contributed by atoms with Crippen molar-refractivity contribution in [3.05, 3.63) is 17.7 Å². The Bertz CT molecular complexity index is 568. The predicted molar refractivity (Wildman–Crippen MR) is 79.9 cm³/mol. The van der Waals surface area contributed by atoms with Crippen LogP contribution in [0.4, 0.5) is 4.79 Å². The molecule has 1 aromatic rings. The van der Waals surface area contributed by atoms with Crippen LogP contribution < -0.4 is 14.2 Å². The summed E-state index contributed by atoms with van der Waals surface area (Å²) in [5.74, 6) is -0.0490. The van der Waals surface area contributed by atoms with Crippen LogP contribution in [0.2, 0.25) is 0 Å². The monoisotopic (exact) mass is 344 g/mol. The predicted octanol–water partition coefficient (Wildman–Crippen LogP) is 2.53. The van der Waals surface area contributed by atoms with Gasteiger partial charge in [-0.2, -0.15) is 0 Å². The smallest absolute Gasteiger partial charge is 0.496 e. The molecule has 0 unspecified atom stereocenters. The zero-order chi connectivity index (χ0) is 18.1. The summed E-state index contributed by atoms with van der Waals surface area (Å²) in [6.07, 6.45) is -1.13. The zero-order valence-corrected chi connectivity index (χ0v) is 14.1. The Morgan fingerprint density at radius 1 is 0.917 bits per heavy atom. The van der Waals surface area contributed by atoms with Gasteiger partial charge in [-0.3, -0.25) is 4.89 Å². The van der Waals surface area contributed by atoms with Gasteiger partial charge in [-0.25, -0.2) is 14.5 Å². The third-order valence-electron chi connectivity index (χ3n) is 2.67. The van der Waals surface area contributed by atoms with Crippen molar-refractivity contribution in [1.29, 1.82) is 0 Å². The summed E-state index contributed by atoms with van der Waals surface area (Å²) in [6.45, 7) is 3.83. The quantitative estimate of drug-likeness (QED) is 0.400. The topological polar surface area (TPSA) is 98.8 Å². The molecule has 0 saturated carbocycles. The standard InChI is InChI=1S/C15H20O9/c1-9(2)8-21-15(17)23-24-22-14(16)10-6-12(19-4)13(20-5)7-11(10)18-3/h6-7,9H,8H2,1-5H3. The molecule has 1 aromatic carbocycles. The van der Waals surface area contributed by atoms with Gasteiger partial charge in [0.05, 0.1) is 33.0 Å². The second-order valence-corrected chi connectivity index (χ2v) is 4.88. The fourth-order valence-corrected chi connectivity index (χ4v) is 1.57. The highest BCUT2D eigenvalue weighted by molar-refractivity contribution is 5.93. The molecule has 0 aliphatic carbocycles. The van der Waals surface area contributed by atoms with Crippen LogP contribution in [0.25, 0.3) is 0 Å². The summed E-state index contributed by atoms with van der Waals surface area (Å²) >= 11 is 0. The van der Waals surface area contributed by atoms with Crippen LogP contribution in [-0.2, 0) is 19.6 Å². The molecule has 24 heavy (non-hydrogen) atoms. The summed E-state index contributed by atoms with van der Waals surface area (Å²) in [4.78, 5) is 31.7. The Balaban J connectivity index is 2.69. The van der Waals surface area contributed by atoms with Crippen LogP contribution in [0.3, 0.4) is 0 Å². The number of carbonyl (C=O) groups excluding carboxylic acids is 2. The van der Waals surface area contributed by atoms with Crippen LogP contribution >= 0.6 is 0 Å². The first-order chi connectivity index (χ1) is 11.4. The first-order valence-corrected chi connectivity index (χ1v) is 6.95. The zero-order valence-electron chi connectivity index (χ0n) is 14.1. The van der Waals surface area contributed by atoms with E-state index >= 15 is 0 Å². The number of rotatable bonds is 8. The average Bonchev–Trinajstić information content (AvgIpc) is 2.58. The molecule has 0 saturated heterocycles. The maximum Gasteiger partial charge on any atom is 0.543 e. The molecule has 0 aliphatic rings. The van der Waals surface area contributed by atoms with Gasteiger partial charge in [0.1, 0.15) is 11.3 Å². The van der Waals surface area contributed by atoms with Crippen LogP contribution in [0.15, 0.2) is 12.1 Å². The number of methoxy groups -OCH3 is 3. The highest BCUT2D eigenvalue weighted by atomic mass is 17.5. The van der Waals surface area contributed by atoms with Gasteiger partial charge in [-0.15, -0.1) is 0 Å². The Kier molecular flexibility index (Phi) is 7.63. The number of carbonyl (C=O) groups is 2. The molecule has 9 nitrogen and oxygen atoms in total. The normalized spacial score (nSPS) is 10.1. The van der Waals surface area contributed by atoms with E-state index in [4.69, 9.17) is 14.2 Å². The molecular weight excluding hydrogens is 324 g/mol. The van der Waals surface area contributed by atoms with Crippen molar-refractivity contribution >= 4 is 12.1 Å². The summed E-state index contributed by atoms with van der Waals surface area (Å²) in [5, 5.41) is 4.12. The van der Waals surface area contributed by atoms with Crippen LogP contribution in [0.5, 0.6) is 17.2 Å². The van der Waals surface area contributed by atoms with E-state index in [1.807, 2.05) is 13.8 Å². The number of benzene rings is 1. The van der Waals surface area contributed by atoms with E-state index in [2.05, 4.69) is 19.6 Å². The number of hydrogen-bond donors (Lipinski definition) is 0. The van der Waals surface area contributed by atoms with Crippen molar-refractivity contribution in [3.8, 4) is 17.2 Å². The number of ether oxygens (including phenoxy) is 4. The summed E-state index contributed by atoms with van der Waals surface area (Å²) < 4.78 is 19.9. The second kappa shape index (κ2) is 9.46. The van der Waals surface area contributed by atoms with Crippen molar-refractivity contribution < 1.29 is 43.3 Å². The molecule has 0 bridgehead atoms. The highest BCUT2D eigenvalue weighted by Gasteiger charge is 2.21. The Morgan fingerprint density at radius 2 is 1.50 bits per heavy atom. The van der Waals surface area contributed by atoms with E-state index in [0.29, 0.717) is 5.75 Å². The third-order valence-corrected chi connectivity index (χ3v) is 2.67. The lowest BCUT2D eigenvalue weighted by atomic mass is 10.1. The molecule has 9 heteroatoms. The van der Waals surface area contributed by atoms with E-state index in [-0.39, 0.29) is 29.6 Å². The maximum atomic E-state index is 12.0. The molecule has 0 aromatic heterocycles. The molecule has 1 rings (SSSR count). The van der Waals surface area contributed by atoms with Gasteiger partial charge in [0.15, 0.2) is 11.5 Å². The van der Waals surface area contributed by atoms with E-state index in [1.54, 1.807) is 0 Å². The minimum Gasteiger partial charge on any atom is -0.496 e. The SMILES string of the molecule is COc1cc(OC)c(C(=O)OOOC(=O)OCC(C)C)cc1OC. The molecular formula is C15H20O9. The summed E-state index contributed by atoms with van der Waals surface area (Å²) in [6, 6.07) is 2.77. The first kappa shape index (κ1) is 19.4. The van der Waals surface area contributed by atoms with Crippen LogP contribution in [-0.4, -0.2) is 40.1 Å². The lowest BCUT2D eigenvalue weighted by Crippen LogP contribution is -2.15. The van der Waals surface area contributed by atoms with Crippen LogP contribution in [0, 0.1) is 5.92 Å². The molecule has 0 heterocycles. The van der Waals surface area contributed by atoms with Gasteiger partial charge >= 0.3 is 12.1 Å². The minimum absolute atomic E-state index is 0.0192. The molecule has 0 aliphatic heterocycles.